The van der Waals surface area contributed by atoms with Crippen LogP contribution in [0.15, 0.2) is 24.5 Å². The van der Waals surface area contributed by atoms with Crippen molar-refractivity contribution in [1.29, 1.82) is 0 Å². The lowest BCUT2D eigenvalue weighted by molar-refractivity contribution is 0.202. The van der Waals surface area contributed by atoms with Gasteiger partial charge in [-0.15, -0.1) is 0 Å². The van der Waals surface area contributed by atoms with Crippen molar-refractivity contribution < 1.29 is 0 Å². The van der Waals surface area contributed by atoms with Gasteiger partial charge in [0, 0.05) is 18.4 Å². The number of rotatable bonds is 6. The molecule has 0 amide bonds. The van der Waals surface area contributed by atoms with Gasteiger partial charge in [-0.3, -0.25) is 16.3 Å². The summed E-state index contributed by atoms with van der Waals surface area (Å²) in [7, 11) is 0. The SMILES string of the molecule is CCC1CCCC(C(CCc2cccnc2)NN)C1. The number of nitrogens with zero attached hydrogens (tertiary/aromatic N) is 1. The minimum atomic E-state index is 0.453. The highest BCUT2D eigenvalue weighted by Crippen LogP contribution is 2.33. The van der Waals surface area contributed by atoms with Crippen LogP contribution >= 0.6 is 0 Å². The Labute approximate surface area is 117 Å². The van der Waals surface area contributed by atoms with Crippen molar-refractivity contribution in [2.24, 2.45) is 17.7 Å². The normalized spacial score (nSPS) is 25.2. The highest BCUT2D eigenvalue weighted by atomic mass is 15.2. The first-order valence-corrected chi connectivity index (χ1v) is 7.68. The van der Waals surface area contributed by atoms with E-state index in [-0.39, 0.29) is 0 Å². The number of hydrazine groups is 1. The zero-order chi connectivity index (χ0) is 13.5. The van der Waals surface area contributed by atoms with Crippen LogP contribution in [0.2, 0.25) is 0 Å². The van der Waals surface area contributed by atoms with Crippen molar-refractivity contribution in [3.8, 4) is 0 Å². The first-order chi connectivity index (χ1) is 9.33. The molecule has 0 aromatic carbocycles. The van der Waals surface area contributed by atoms with Gasteiger partial charge in [0.15, 0.2) is 0 Å². The lowest BCUT2D eigenvalue weighted by atomic mass is 9.76. The van der Waals surface area contributed by atoms with Crippen LogP contribution in [-0.4, -0.2) is 11.0 Å². The summed E-state index contributed by atoms with van der Waals surface area (Å²) >= 11 is 0. The van der Waals surface area contributed by atoms with Gasteiger partial charge >= 0.3 is 0 Å². The fourth-order valence-corrected chi connectivity index (χ4v) is 3.39. The number of hydrogen-bond donors (Lipinski definition) is 2. The first-order valence-electron chi connectivity index (χ1n) is 7.68. The third kappa shape index (κ3) is 4.29. The molecule has 3 heteroatoms. The van der Waals surface area contributed by atoms with Crippen LogP contribution in [0, 0.1) is 11.8 Å². The van der Waals surface area contributed by atoms with E-state index in [4.69, 9.17) is 5.84 Å². The first kappa shape index (κ1) is 14.5. The van der Waals surface area contributed by atoms with Gasteiger partial charge in [-0.1, -0.05) is 32.3 Å². The topological polar surface area (TPSA) is 50.9 Å². The number of hydrogen-bond acceptors (Lipinski definition) is 3. The maximum absolute atomic E-state index is 5.79. The lowest BCUT2D eigenvalue weighted by Crippen LogP contribution is -2.42. The van der Waals surface area contributed by atoms with Crippen molar-refractivity contribution in [3.63, 3.8) is 0 Å². The summed E-state index contributed by atoms with van der Waals surface area (Å²) in [6.45, 7) is 2.31. The van der Waals surface area contributed by atoms with E-state index in [9.17, 15) is 0 Å². The molecular formula is C16H27N3. The molecule has 0 spiro atoms. The van der Waals surface area contributed by atoms with Crippen LogP contribution in [-0.2, 0) is 6.42 Å². The molecule has 1 aliphatic carbocycles. The zero-order valence-corrected chi connectivity index (χ0v) is 12.0. The lowest BCUT2D eigenvalue weighted by Gasteiger charge is -2.34. The quantitative estimate of drug-likeness (QED) is 0.611. The fraction of sp³-hybridized carbons (Fsp3) is 0.688. The van der Waals surface area contributed by atoms with Crippen molar-refractivity contribution >= 4 is 0 Å². The summed E-state index contributed by atoms with van der Waals surface area (Å²) in [4.78, 5) is 4.17. The van der Waals surface area contributed by atoms with Crippen LogP contribution < -0.4 is 11.3 Å². The summed E-state index contributed by atoms with van der Waals surface area (Å²) in [5.41, 5.74) is 4.38. The maximum Gasteiger partial charge on any atom is 0.0299 e. The Balaban J connectivity index is 1.85. The molecule has 19 heavy (non-hydrogen) atoms. The smallest absolute Gasteiger partial charge is 0.0299 e. The predicted molar refractivity (Wildman–Crippen MR) is 79.4 cm³/mol. The molecule has 1 aromatic rings. The van der Waals surface area contributed by atoms with E-state index in [0.717, 1.165) is 24.7 Å². The Hall–Kier alpha value is -0.930. The molecule has 2 rings (SSSR count). The third-order valence-electron chi connectivity index (χ3n) is 4.65. The van der Waals surface area contributed by atoms with Crippen LogP contribution in [0.5, 0.6) is 0 Å². The van der Waals surface area contributed by atoms with Gasteiger partial charge in [-0.25, -0.2) is 0 Å². The van der Waals surface area contributed by atoms with Crippen molar-refractivity contribution in [2.45, 2.75) is 57.9 Å². The molecule has 0 radical (unpaired) electrons. The zero-order valence-electron chi connectivity index (χ0n) is 12.0. The molecule has 0 saturated heterocycles. The Morgan fingerprint density at radius 2 is 2.37 bits per heavy atom. The van der Waals surface area contributed by atoms with E-state index in [0.29, 0.717) is 6.04 Å². The maximum atomic E-state index is 5.79. The largest absolute Gasteiger partial charge is 0.271 e. The molecule has 0 bridgehead atoms. The van der Waals surface area contributed by atoms with E-state index in [2.05, 4.69) is 23.4 Å². The van der Waals surface area contributed by atoms with Gasteiger partial charge in [0.2, 0.25) is 0 Å². The van der Waals surface area contributed by atoms with Crippen LogP contribution in [0.3, 0.4) is 0 Å². The summed E-state index contributed by atoms with van der Waals surface area (Å²) < 4.78 is 0. The van der Waals surface area contributed by atoms with Gasteiger partial charge in [0.05, 0.1) is 0 Å². The molecule has 3 atom stereocenters. The van der Waals surface area contributed by atoms with E-state index in [1.807, 2.05) is 18.5 Å². The molecule has 106 valence electrons. The number of aromatic nitrogens is 1. The van der Waals surface area contributed by atoms with Gasteiger partial charge in [0.25, 0.3) is 0 Å². The van der Waals surface area contributed by atoms with Gasteiger partial charge in [-0.05, 0) is 49.1 Å². The van der Waals surface area contributed by atoms with Gasteiger partial charge < -0.3 is 0 Å². The molecule has 1 heterocycles. The molecule has 3 nitrogen and oxygen atoms in total. The minimum absolute atomic E-state index is 0.453. The van der Waals surface area contributed by atoms with Gasteiger partial charge in [-0.2, -0.15) is 0 Å². The highest BCUT2D eigenvalue weighted by Gasteiger charge is 2.26. The molecule has 1 aromatic heterocycles. The summed E-state index contributed by atoms with van der Waals surface area (Å²) in [5, 5.41) is 0. The second-order valence-corrected chi connectivity index (χ2v) is 5.87. The third-order valence-corrected chi connectivity index (χ3v) is 4.65. The number of nitrogens with one attached hydrogen (secondary N) is 1. The van der Waals surface area contributed by atoms with Crippen LogP contribution in [0.1, 0.15) is 51.0 Å². The van der Waals surface area contributed by atoms with E-state index in [1.165, 1.54) is 37.7 Å². The number of pyridine rings is 1. The molecule has 0 aliphatic heterocycles. The fourth-order valence-electron chi connectivity index (χ4n) is 3.39. The average molecular weight is 261 g/mol. The van der Waals surface area contributed by atoms with Gasteiger partial charge in [0.1, 0.15) is 0 Å². The van der Waals surface area contributed by atoms with E-state index >= 15 is 0 Å². The van der Waals surface area contributed by atoms with Crippen LogP contribution in [0.4, 0.5) is 0 Å². The molecule has 3 N–H and O–H groups in total. The molecule has 3 unspecified atom stereocenters. The Kier molecular flexibility index (Phi) is 5.80. The summed E-state index contributed by atoms with van der Waals surface area (Å²) in [5.74, 6) is 7.45. The molecule has 1 aliphatic rings. The predicted octanol–water partition coefficient (Wildman–Crippen LogP) is 3.06. The Bertz CT molecular complexity index is 352. The second kappa shape index (κ2) is 7.61. The Morgan fingerprint density at radius 3 is 3.05 bits per heavy atom. The van der Waals surface area contributed by atoms with E-state index in [1.54, 1.807) is 0 Å². The summed E-state index contributed by atoms with van der Waals surface area (Å²) in [6, 6.07) is 4.61. The average Bonchev–Trinajstić information content (AvgIpc) is 2.49. The van der Waals surface area contributed by atoms with Crippen molar-refractivity contribution in [1.82, 2.24) is 10.4 Å². The molecular weight excluding hydrogens is 234 g/mol. The Morgan fingerprint density at radius 1 is 1.47 bits per heavy atom. The molecule has 1 saturated carbocycles. The van der Waals surface area contributed by atoms with Crippen LogP contribution in [0.25, 0.3) is 0 Å². The summed E-state index contributed by atoms with van der Waals surface area (Å²) in [6.07, 6.45) is 12.7. The monoisotopic (exact) mass is 261 g/mol. The minimum Gasteiger partial charge on any atom is -0.271 e. The van der Waals surface area contributed by atoms with Crippen molar-refractivity contribution in [3.05, 3.63) is 30.1 Å². The standard InChI is InChI=1S/C16H27N3/c1-2-13-5-3-7-15(11-13)16(19-17)9-8-14-6-4-10-18-12-14/h4,6,10,12-13,15-16,19H,2-3,5,7-9,11,17H2,1H3. The highest BCUT2D eigenvalue weighted by molar-refractivity contribution is 5.08. The number of aryl methyl sites for hydroxylation is 1. The number of nitrogens with two attached hydrogens (primary N) is 1. The second-order valence-electron chi connectivity index (χ2n) is 5.87. The van der Waals surface area contributed by atoms with Crippen molar-refractivity contribution in [2.75, 3.05) is 0 Å². The van der Waals surface area contributed by atoms with E-state index < -0.39 is 0 Å². The molecule has 1 fully saturated rings.